The molecule has 0 fully saturated rings. The molecule has 0 bridgehead atoms. The molecule has 0 saturated carbocycles. The maximum atomic E-state index is 13.4. The van der Waals surface area contributed by atoms with Crippen LogP contribution in [0.2, 0.25) is 5.02 Å². The van der Waals surface area contributed by atoms with E-state index in [9.17, 15) is 4.39 Å². The number of anilines is 1. The van der Waals surface area contributed by atoms with Gasteiger partial charge in [0.15, 0.2) is 5.84 Å². The molecule has 88 valence electrons. The van der Waals surface area contributed by atoms with Crippen LogP contribution in [0.1, 0.15) is 13.3 Å². The molecule has 1 unspecified atom stereocenters. The normalized spacial score (nSPS) is 13.6. The van der Waals surface area contributed by atoms with E-state index >= 15 is 0 Å². The van der Waals surface area contributed by atoms with Gasteiger partial charge >= 0.3 is 0 Å². The minimum Gasteiger partial charge on any atom is -0.409 e. The van der Waals surface area contributed by atoms with Gasteiger partial charge in [-0.2, -0.15) is 0 Å². The zero-order valence-corrected chi connectivity index (χ0v) is 9.50. The minimum absolute atomic E-state index is 0.00174. The summed E-state index contributed by atoms with van der Waals surface area (Å²) in [6.07, 6.45) is 0.557. The number of rotatable bonds is 4. The number of nitrogens with two attached hydrogens (primary N) is 1. The third kappa shape index (κ3) is 3.00. The number of nitrogens with zero attached hydrogens (tertiary/aromatic N) is 1. The molecule has 0 amide bonds. The van der Waals surface area contributed by atoms with Crippen molar-refractivity contribution in [1.82, 2.24) is 0 Å². The van der Waals surface area contributed by atoms with Crippen LogP contribution >= 0.6 is 11.6 Å². The summed E-state index contributed by atoms with van der Waals surface area (Å²) >= 11 is 5.74. The molecule has 1 atom stereocenters. The predicted octanol–water partition coefficient (Wildman–Crippen LogP) is 2.42. The first kappa shape index (κ1) is 12.6. The Bertz CT molecular complexity index is 398. The molecule has 0 aromatic heterocycles. The Balaban J connectivity index is 2.89. The van der Waals surface area contributed by atoms with Gasteiger partial charge in [-0.25, -0.2) is 4.39 Å². The summed E-state index contributed by atoms with van der Waals surface area (Å²) in [5, 5.41) is 14.7. The van der Waals surface area contributed by atoms with Crippen molar-refractivity contribution in [2.24, 2.45) is 10.9 Å². The smallest absolute Gasteiger partial charge is 0.161 e. The molecule has 0 aliphatic carbocycles. The van der Waals surface area contributed by atoms with Crippen LogP contribution in [-0.4, -0.2) is 17.1 Å². The average Bonchev–Trinajstić information content (AvgIpc) is 2.29. The van der Waals surface area contributed by atoms with Crippen LogP contribution in [0.5, 0.6) is 0 Å². The Kier molecular flexibility index (Phi) is 4.37. The molecule has 1 rings (SSSR count). The number of oxime groups is 1. The number of halogens is 2. The molecule has 0 saturated heterocycles. The molecule has 0 heterocycles. The van der Waals surface area contributed by atoms with Gasteiger partial charge in [0.25, 0.3) is 0 Å². The van der Waals surface area contributed by atoms with Gasteiger partial charge in [0, 0.05) is 5.02 Å². The molecule has 0 aliphatic heterocycles. The lowest BCUT2D eigenvalue weighted by Crippen LogP contribution is -2.35. The van der Waals surface area contributed by atoms with E-state index in [1.165, 1.54) is 18.2 Å². The van der Waals surface area contributed by atoms with Gasteiger partial charge in [0.05, 0.1) is 11.7 Å². The van der Waals surface area contributed by atoms with Crippen LogP contribution in [0.15, 0.2) is 23.4 Å². The van der Waals surface area contributed by atoms with Gasteiger partial charge in [0.2, 0.25) is 0 Å². The quantitative estimate of drug-likeness (QED) is 0.330. The monoisotopic (exact) mass is 245 g/mol. The van der Waals surface area contributed by atoms with Crippen molar-refractivity contribution >= 4 is 23.1 Å². The number of hydrogen-bond acceptors (Lipinski definition) is 3. The Morgan fingerprint density at radius 1 is 1.69 bits per heavy atom. The molecule has 16 heavy (non-hydrogen) atoms. The van der Waals surface area contributed by atoms with Crippen molar-refractivity contribution in [3.8, 4) is 0 Å². The molecular weight excluding hydrogens is 233 g/mol. The summed E-state index contributed by atoms with van der Waals surface area (Å²) in [4.78, 5) is 0. The van der Waals surface area contributed by atoms with E-state index in [0.717, 1.165) is 0 Å². The number of amidine groups is 1. The molecule has 1 aromatic carbocycles. The third-order valence-electron chi connectivity index (χ3n) is 2.14. The van der Waals surface area contributed by atoms with E-state index in [1.54, 1.807) is 0 Å². The molecular formula is C10H13ClFN3O. The van der Waals surface area contributed by atoms with Crippen LogP contribution in [0.25, 0.3) is 0 Å². The highest BCUT2D eigenvalue weighted by molar-refractivity contribution is 6.30. The summed E-state index contributed by atoms with van der Waals surface area (Å²) in [5.74, 6) is -0.435. The van der Waals surface area contributed by atoms with Crippen LogP contribution in [-0.2, 0) is 0 Å². The molecule has 4 N–H and O–H groups in total. The molecule has 1 aromatic rings. The van der Waals surface area contributed by atoms with E-state index < -0.39 is 11.9 Å². The van der Waals surface area contributed by atoms with E-state index in [2.05, 4.69) is 10.5 Å². The Labute approximate surface area is 97.9 Å². The first-order valence-corrected chi connectivity index (χ1v) is 5.15. The number of nitrogens with one attached hydrogen (secondary N) is 1. The van der Waals surface area contributed by atoms with E-state index in [-0.39, 0.29) is 11.5 Å². The van der Waals surface area contributed by atoms with E-state index in [1.807, 2.05) is 6.92 Å². The first-order chi connectivity index (χ1) is 7.58. The van der Waals surface area contributed by atoms with Crippen LogP contribution < -0.4 is 11.1 Å². The fourth-order valence-corrected chi connectivity index (χ4v) is 1.42. The van der Waals surface area contributed by atoms with E-state index in [0.29, 0.717) is 11.4 Å². The Morgan fingerprint density at radius 3 is 2.94 bits per heavy atom. The lowest BCUT2D eigenvalue weighted by Gasteiger charge is -2.17. The summed E-state index contributed by atoms with van der Waals surface area (Å²) in [5.41, 5.74) is 5.67. The van der Waals surface area contributed by atoms with Gasteiger partial charge < -0.3 is 16.3 Å². The van der Waals surface area contributed by atoms with Crippen molar-refractivity contribution in [1.29, 1.82) is 0 Å². The Hall–Kier alpha value is -1.49. The number of hydrogen-bond donors (Lipinski definition) is 3. The van der Waals surface area contributed by atoms with Gasteiger partial charge in [-0.15, -0.1) is 0 Å². The van der Waals surface area contributed by atoms with Crippen molar-refractivity contribution < 1.29 is 9.60 Å². The molecule has 6 heteroatoms. The van der Waals surface area contributed by atoms with Crippen molar-refractivity contribution in [3.05, 3.63) is 29.0 Å². The molecule has 0 spiro atoms. The highest BCUT2D eigenvalue weighted by Crippen LogP contribution is 2.20. The van der Waals surface area contributed by atoms with Gasteiger partial charge in [-0.3, -0.25) is 0 Å². The molecule has 4 nitrogen and oxygen atoms in total. The maximum Gasteiger partial charge on any atom is 0.161 e. The predicted molar refractivity (Wildman–Crippen MR) is 62.5 cm³/mol. The van der Waals surface area contributed by atoms with Crippen LogP contribution in [0.3, 0.4) is 0 Å². The lowest BCUT2D eigenvalue weighted by molar-refractivity contribution is 0.316. The second-order valence-electron chi connectivity index (χ2n) is 3.25. The largest absolute Gasteiger partial charge is 0.409 e. The van der Waals surface area contributed by atoms with Crippen molar-refractivity contribution in [2.75, 3.05) is 5.32 Å². The standard InChI is InChI=1S/C10H13ClFN3O/c1-2-8(10(13)15-16)14-9-5-6(11)3-4-7(9)12/h3-5,8,14,16H,2H2,1H3,(H2,13,15). The summed E-state index contributed by atoms with van der Waals surface area (Å²) < 4.78 is 13.4. The average molecular weight is 246 g/mol. The van der Waals surface area contributed by atoms with E-state index in [4.69, 9.17) is 22.5 Å². The fraction of sp³-hybridized carbons (Fsp3) is 0.300. The summed E-state index contributed by atoms with van der Waals surface area (Å²) in [6.45, 7) is 1.83. The third-order valence-corrected chi connectivity index (χ3v) is 2.37. The fourth-order valence-electron chi connectivity index (χ4n) is 1.25. The maximum absolute atomic E-state index is 13.4. The topological polar surface area (TPSA) is 70.6 Å². The number of benzene rings is 1. The zero-order chi connectivity index (χ0) is 12.1. The zero-order valence-electron chi connectivity index (χ0n) is 8.74. The Morgan fingerprint density at radius 2 is 2.38 bits per heavy atom. The minimum atomic E-state index is -0.436. The lowest BCUT2D eigenvalue weighted by atomic mass is 10.2. The SMILES string of the molecule is CCC(Nc1cc(Cl)ccc1F)C(N)=NO. The van der Waals surface area contributed by atoms with Gasteiger partial charge in [0.1, 0.15) is 5.82 Å². The summed E-state index contributed by atoms with van der Waals surface area (Å²) in [6, 6.07) is 3.72. The second kappa shape index (κ2) is 5.55. The van der Waals surface area contributed by atoms with Crippen LogP contribution in [0, 0.1) is 5.82 Å². The highest BCUT2D eigenvalue weighted by Gasteiger charge is 2.13. The summed E-state index contributed by atoms with van der Waals surface area (Å²) in [7, 11) is 0. The molecule has 0 radical (unpaired) electrons. The van der Waals surface area contributed by atoms with Crippen LogP contribution in [0.4, 0.5) is 10.1 Å². The van der Waals surface area contributed by atoms with Crippen molar-refractivity contribution in [3.63, 3.8) is 0 Å². The van der Waals surface area contributed by atoms with Gasteiger partial charge in [-0.1, -0.05) is 23.7 Å². The first-order valence-electron chi connectivity index (χ1n) is 4.77. The molecule has 0 aliphatic rings. The van der Waals surface area contributed by atoms with Gasteiger partial charge in [-0.05, 0) is 24.6 Å². The van der Waals surface area contributed by atoms with Crippen molar-refractivity contribution in [2.45, 2.75) is 19.4 Å². The second-order valence-corrected chi connectivity index (χ2v) is 3.69. The highest BCUT2D eigenvalue weighted by atomic mass is 35.5.